The van der Waals surface area contributed by atoms with Crippen LogP contribution in [0.5, 0.6) is 0 Å². The number of thioether (sulfide) groups is 1. The highest BCUT2D eigenvalue weighted by atomic mass is 32.2. The molecule has 2 aliphatic heterocycles. The predicted octanol–water partition coefficient (Wildman–Crippen LogP) is 0.418. The Kier molecular flexibility index (Phi) is 8.39. The summed E-state index contributed by atoms with van der Waals surface area (Å²) in [5.41, 5.74) is -0.644. The van der Waals surface area contributed by atoms with Crippen LogP contribution in [0.4, 0.5) is 0 Å². The summed E-state index contributed by atoms with van der Waals surface area (Å²) in [6.07, 6.45) is 0.343. The molecule has 0 aromatic heterocycles. The van der Waals surface area contributed by atoms with Gasteiger partial charge in [-0.2, -0.15) is 0 Å². The maximum Gasteiger partial charge on any atom is 0.237 e. The lowest BCUT2D eigenvalue weighted by atomic mass is 9.88. The predicted molar refractivity (Wildman–Crippen MR) is 106 cm³/mol. The number of aliphatic hydroxyl groups excluding tert-OH is 3. The van der Waals surface area contributed by atoms with Gasteiger partial charge in [-0.1, -0.05) is 27.2 Å². The van der Waals surface area contributed by atoms with E-state index in [0.29, 0.717) is 5.92 Å². The third kappa shape index (κ3) is 5.16. The van der Waals surface area contributed by atoms with E-state index in [-0.39, 0.29) is 17.9 Å². The first-order valence-corrected chi connectivity index (χ1v) is 11.2. The molecule has 0 aromatic carbocycles. The number of amides is 1. The fraction of sp³-hybridized carbons (Fsp3) is 0.947. The van der Waals surface area contributed by atoms with Crippen molar-refractivity contribution in [1.29, 1.82) is 0 Å². The Morgan fingerprint density at radius 3 is 2.48 bits per heavy atom. The highest BCUT2D eigenvalue weighted by molar-refractivity contribution is 7.99. The maximum absolute atomic E-state index is 13.0. The van der Waals surface area contributed by atoms with Crippen molar-refractivity contribution in [3.8, 4) is 0 Å². The molecule has 1 amide bonds. The lowest BCUT2D eigenvalue weighted by Gasteiger charge is -2.44. The van der Waals surface area contributed by atoms with E-state index in [1.807, 2.05) is 20.9 Å². The van der Waals surface area contributed by atoms with Gasteiger partial charge in [0.2, 0.25) is 5.91 Å². The van der Waals surface area contributed by atoms with Crippen molar-refractivity contribution in [3.63, 3.8) is 0 Å². The van der Waals surface area contributed by atoms with Crippen molar-refractivity contribution in [2.24, 2.45) is 11.8 Å². The second kappa shape index (κ2) is 9.89. The number of rotatable bonds is 7. The van der Waals surface area contributed by atoms with Gasteiger partial charge >= 0.3 is 0 Å². The molecule has 2 heterocycles. The normalized spacial score (nSPS) is 38.9. The first kappa shape index (κ1) is 22.9. The molecule has 2 rings (SSSR count). The molecule has 0 spiro atoms. The number of nitrogens with one attached hydrogen (secondary N) is 1. The highest BCUT2D eigenvalue weighted by Crippen LogP contribution is 2.31. The SMILES string of the molecule is CCC[C@@H]1CC(C(=O)N[C@H](C(C)C)C2O[C@H](SC)[C@H](O)[C@@H](O)[C@H]2O)N(C)C1. The molecule has 2 aliphatic rings. The van der Waals surface area contributed by atoms with Crippen molar-refractivity contribution >= 4 is 17.7 Å². The monoisotopic (exact) mass is 404 g/mol. The molecule has 2 unspecified atom stereocenters. The zero-order chi connectivity index (χ0) is 20.3. The molecule has 8 atom stereocenters. The summed E-state index contributed by atoms with van der Waals surface area (Å²) in [4.78, 5) is 15.1. The standard InChI is InChI=1S/C19H36N2O5S/c1-6-7-11-8-12(21(4)9-11)18(25)20-13(10(2)3)17-15(23)14(22)16(24)19(26-17)27-5/h10-17,19,22-24H,6-9H2,1-5H3,(H,20,25)/t11-,12?,13-,14+,15-,16-,17?,19-/m1/s1. The fourth-order valence-corrected chi connectivity index (χ4v) is 4.96. The van der Waals surface area contributed by atoms with Crippen LogP contribution in [0.25, 0.3) is 0 Å². The summed E-state index contributed by atoms with van der Waals surface area (Å²) < 4.78 is 5.88. The first-order chi connectivity index (χ1) is 12.7. The summed E-state index contributed by atoms with van der Waals surface area (Å²) in [5, 5.41) is 33.8. The molecule has 8 heteroatoms. The van der Waals surface area contributed by atoms with Crippen LogP contribution in [0.3, 0.4) is 0 Å². The van der Waals surface area contributed by atoms with Gasteiger partial charge in [0.1, 0.15) is 29.9 Å². The summed E-state index contributed by atoms with van der Waals surface area (Å²) in [6, 6.07) is -0.640. The van der Waals surface area contributed by atoms with Crippen LogP contribution in [0.2, 0.25) is 0 Å². The summed E-state index contributed by atoms with van der Waals surface area (Å²) in [5.74, 6) is 0.464. The molecule has 0 saturated carbocycles. The zero-order valence-corrected chi connectivity index (χ0v) is 17.9. The topological polar surface area (TPSA) is 102 Å². The van der Waals surface area contributed by atoms with Crippen LogP contribution in [-0.2, 0) is 9.53 Å². The molecule has 0 radical (unpaired) electrons. The molecule has 0 aromatic rings. The van der Waals surface area contributed by atoms with Gasteiger partial charge in [-0.15, -0.1) is 11.8 Å². The molecular weight excluding hydrogens is 368 g/mol. The lowest BCUT2D eigenvalue weighted by Crippen LogP contribution is -2.64. The molecule has 7 nitrogen and oxygen atoms in total. The Morgan fingerprint density at radius 2 is 1.93 bits per heavy atom. The summed E-state index contributed by atoms with van der Waals surface area (Å²) in [6.45, 7) is 6.97. The van der Waals surface area contributed by atoms with Gasteiger partial charge in [-0.05, 0) is 38.0 Å². The fourth-order valence-electron chi connectivity index (χ4n) is 4.28. The lowest BCUT2D eigenvalue weighted by molar-refractivity contribution is -0.208. The van der Waals surface area contributed by atoms with E-state index >= 15 is 0 Å². The van der Waals surface area contributed by atoms with Crippen LogP contribution < -0.4 is 5.32 Å². The molecule has 158 valence electrons. The second-order valence-corrected chi connectivity index (χ2v) is 9.24. The Hall–Kier alpha value is -0.380. The van der Waals surface area contributed by atoms with E-state index in [9.17, 15) is 20.1 Å². The quantitative estimate of drug-likeness (QED) is 0.488. The number of ether oxygens (including phenoxy) is 1. The highest BCUT2D eigenvalue weighted by Gasteiger charge is 2.48. The van der Waals surface area contributed by atoms with Crippen molar-refractivity contribution in [1.82, 2.24) is 10.2 Å². The van der Waals surface area contributed by atoms with Gasteiger partial charge in [0, 0.05) is 6.54 Å². The van der Waals surface area contributed by atoms with Gasteiger partial charge < -0.3 is 25.4 Å². The van der Waals surface area contributed by atoms with E-state index in [1.165, 1.54) is 11.8 Å². The maximum atomic E-state index is 13.0. The van der Waals surface area contributed by atoms with Crippen molar-refractivity contribution < 1.29 is 24.9 Å². The average molecular weight is 405 g/mol. The minimum atomic E-state index is -1.30. The Balaban J connectivity index is 2.09. The van der Waals surface area contributed by atoms with Crippen LogP contribution in [0, 0.1) is 11.8 Å². The van der Waals surface area contributed by atoms with Crippen LogP contribution in [0.15, 0.2) is 0 Å². The third-order valence-corrected chi connectivity index (χ3v) is 6.71. The minimum absolute atomic E-state index is 0.00306. The largest absolute Gasteiger partial charge is 0.388 e. The molecule has 0 aliphatic carbocycles. The van der Waals surface area contributed by atoms with Gasteiger partial charge in [0.15, 0.2) is 0 Å². The molecule has 2 fully saturated rings. The Labute approximate surface area is 166 Å². The van der Waals surface area contributed by atoms with Gasteiger partial charge in [-0.3, -0.25) is 9.69 Å². The molecule has 27 heavy (non-hydrogen) atoms. The van der Waals surface area contributed by atoms with Gasteiger partial charge in [0.25, 0.3) is 0 Å². The zero-order valence-electron chi connectivity index (χ0n) is 17.0. The number of likely N-dealkylation sites (N-methyl/N-ethyl adjacent to an activating group) is 1. The van der Waals surface area contributed by atoms with E-state index in [2.05, 4.69) is 17.1 Å². The molecule has 2 saturated heterocycles. The first-order valence-electron chi connectivity index (χ1n) is 9.94. The van der Waals surface area contributed by atoms with Crippen molar-refractivity contribution in [3.05, 3.63) is 0 Å². The summed E-state index contributed by atoms with van der Waals surface area (Å²) in [7, 11) is 1.97. The van der Waals surface area contributed by atoms with Gasteiger partial charge in [-0.25, -0.2) is 0 Å². The van der Waals surface area contributed by atoms with Crippen molar-refractivity contribution in [2.45, 2.75) is 82.0 Å². The average Bonchev–Trinajstić information content (AvgIpc) is 2.99. The smallest absolute Gasteiger partial charge is 0.237 e. The van der Waals surface area contributed by atoms with Gasteiger partial charge in [0.05, 0.1) is 12.1 Å². The molecule has 4 N–H and O–H groups in total. The van der Waals surface area contributed by atoms with Crippen LogP contribution in [-0.4, -0.2) is 87.9 Å². The Bertz CT molecular complexity index is 493. The number of hydrogen-bond acceptors (Lipinski definition) is 7. The number of carbonyl (C=O) groups excluding carboxylic acids is 1. The van der Waals surface area contributed by atoms with E-state index in [1.54, 1.807) is 6.26 Å². The van der Waals surface area contributed by atoms with Crippen molar-refractivity contribution in [2.75, 3.05) is 19.8 Å². The number of likely N-dealkylation sites (tertiary alicyclic amines) is 1. The van der Waals surface area contributed by atoms with E-state index in [0.717, 1.165) is 25.8 Å². The van der Waals surface area contributed by atoms with Crippen LogP contribution >= 0.6 is 11.8 Å². The van der Waals surface area contributed by atoms with E-state index in [4.69, 9.17) is 4.74 Å². The number of carbonyl (C=O) groups is 1. The third-order valence-electron chi connectivity index (χ3n) is 5.85. The number of hydrogen-bond donors (Lipinski definition) is 4. The summed E-state index contributed by atoms with van der Waals surface area (Å²) >= 11 is 1.28. The molecular formula is C19H36N2O5S. The molecule has 0 bridgehead atoms. The van der Waals surface area contributed by atoms with E-state index < -0.39 is 35.9 Å². The Morgan fingerprint density at radius 1 is 1.26 bits per heavy atom. The number of aliphatic hydroxyl groups is 3. The number of nitrogens with zero attached hydrogens (tertiary/aromatic N) is 1. The van der Waals surface area contributed by atoms with Crippen LogP contribution in [0.1, 0.15) is 40.0 Å². The second-order valence-electron chi connectivity index (χ2n) is 8.30. The minimum Gasteiger partial charge on any atom is -0.388 e.